The Morgan fingerprint density at radius 1 is 0.230 bits per heavy atom. The van der Waals surface area contributed by atoms with Crippen LogP contribution in [0.2, 0.25) is 0 Å². The zero-order chi connectivity index (χ0) is 97.9. The van der Waals surface area contributed by atoms with Gasteiger partial charge < -0.3 is 58.0 Å². The topological polar surface area (TPSA) is 212 Å². The molecule has 6 aromatic carbocycles. The molecule has 19 nitrogen and oxygen atoms in total. The summed E-state index contributed by atoms with van der Waals surface area (Å²) in [5, 5.41) is 24.7. The minimum atomic E-state index is -0.445. The van der Waals surface area contributed by atoms with Gasteiger partial charge >= 0.3 is 5.69 Å². The Morgan fingerprint density at radius 2 is 0.439 bits per heavy atom. The third-order valence-electron chi connectivity index (χ3n) is 25.9. The lowest BCUT2D eigenvalue weighted by molar-refractivity contribution is 0.232. The summed E-state index contributed by atoms with van der Waals surface area (Å²) in [6.07, 6.45) is 77.9. The van der Waals surface area contributed by atoms with Crippen LogP contribution in [-0.4, -0.2) is 75.9 Å². The number of nitrogens with zero attached hydrogens (tertiary/aromatic N) is 5. The molecule has 0 aliphatic carbocycles. The van der Waals surface area contributed by atoms with Crippen molar-refractivity contribution < 1.29 is 47.4 Å². The fourth-order valence-electron chi connectivity index (χ4n) is 17.4. The molecule has 0 amide bonds. The van der Waals surface area contributed by atoms with Gasteiger partial charge in [0.25, 0.3) is 0 Å². The highest BCUT2D eigenvalue weighted by atomic mass is 16.6. The summed E-state index contributed by atoms with van der Waals surface area (Å²) in [6, 6.07) is 40.8. The average Bonchev–Trinajstić information content (AvgIpc) is 0.823. The predicted molar refractivity (Wildman–Crippen MR) is 582 cm³/mol. The smallest absolute Gasteiger partial charge is 0.348 e. The standard InChI is InChI=1S/C120H190N8O11/c1-7-13-19-25-31-37-43-49-55-61-87-132-112-95-102(96-113(133-88-62-56-50-44-38-32-26-20-14-8-2)118(112)136-91-65-59-53-47-41-35-29-23-17-11-5)100-138-110-81-73-106(74-82-110)127-125-104-69-77-108(78-70-104)130-93-67-85-121-116-99-117(124-120(129)123-116)122-86-68-94-131-109-79-71-105(72-80-109)126-128-107-75-83-111(84-76-107)139-101-103-97-114(134-89-63-57-51-45-39-33-27-21-15-9-3)119(137-92-66-60-54-48-42-36-30-24-18-12-6)115(98-103)135-90-64-58-52-46-40-34-28-22-16-10-4/h69-84,95-99H,7-68,85-94,100-101H2,1-6H3,(H3,121,122,123,124,129). The van der Waals surface area contributed by atoms with Crippen molar-refractivity contribution in [1.82, 2.24) is 9.97 Å². The van der Waals surface area contributed by atoms with Gasteiger partial charge in [0, 0.05) is 19.2 Å². The van der Waals surface area contributed by atoms with E-state index in [9.17, 15) is 4.79 Å². The third-order valence-corrected chi connectivity index (χ3v) is 25.9. The summed E-state index contributed by atoms with van der Waals surface area (Å²) in [5.41, 5.74) is 4.33. The third kappa shape index (κ3) is 58.2. The Labute approximate surface area is 843 Å². The van der Waals surface area contributed by atoms with Crippen molar-refractivity contribution in [3.8, 4) is 57.5 Å². The molecule has 3 N–H and O–H groups in total. The van der Waals surface area contributed by atoms with Crippen molar-refractivity contribution >= 4 is 34.4 Å². The number of hydrogen-bond donors (Lipinski definition) is 3. The molecule has 776 valence electrons. The maximum atomic E-state index is 12.6. The van der Waals surface area contributed by atoms with E-state index in [-0.39, 0.29) is 0 Å². The van der Waals surface area contributed by atoms with Crippen molar-refractivity contribution in [2.75, 3.05) is 76.6 Å². The van der Waals surface area contributed by atoms with E-state index in [0.717, 1.165) is 146 Å². The molecule has 139 heavy (non-hydrogen) atoms. The minimum absolute atomic E-state index is 0.341. The lowest BCUT2D eigenvalue weighted by atomic mass is 10.1. The number of rotatable bonds is 94. The first-order valence-electron chi connectivity index (χ1n) is 56.7. The Bertz CT molecular complexity index is 3850. The molecule has 7 aromatic rings. The minimum Gasteiger partial charge on any atom is -0.494 e. The van der Waals surface area contributed by atoms with Crippen LogP contribution in [0.25, 0.3) is 0 Å². The van der Waals surface area contributed by atoms with Crippen molar-refractivity contribution in [3.05, 3.63) is 149 Å². The van der Waals surface area contributed by atoms with Gasteiger partial charge in [-0.3, -0.25) is 4.98 Å². The highest BCUT2D eigenvalue weighted by Crippen LogP contribution is 2.43. The van der Waals surface area contributed by atoms with Gasteiger partial charge in [0.1, 0.15) is 47.8 Å². The maximum absolute atomic E-state index is 12.6. The fraction of sp³-hybridized carbons (Fsp3) is 0.667. The first-order valence-corrected chi connectivity index (χ1v) is 56.7. The number of hydrogen-bond acceptors (Lipinski definition) is 18. The number of aromatic amines is 1. The molecule has 0 fully saturated rings. The van der Waals surface area contributed by atoms with Crippen LogP contribution in [0.4, 0.5) is 34.4 Å². The summed E-state index contributed by atoms with van der Waals surface area (Å²) in [5.74, 6) is 8.39. The Balaban J connectivity index is 0.824. The molecule has 1 aromatic heterocycles. The van der Waals surface area contributed by atoms with E-state index < -0.39 is 5.69 Å². The molecule has 0 aliphatic rings. The van der Waals surface area contributed by atoms with E-state index in [4.69, 9.17) is 47.4 Å². The second-order valence-electron chi connectivity index (χ2n) is 38.7. The first-order chi connectivity index (χ1) is 68.7. The van der Waals surface area contributed by atoms with Crippen LogP contribution in [0.5, 0.6) is 57.5 Å². The zero-order valence-corrected chi connectivity index (χ0v) is 88.2. The highest BCUT2D eigenvalue weighted by molar-refractivity contribution is 5.56. The lowest BCUT2D eigenvalue weighted by Gasteiger charge is -2.19. The molecule has 7 rings (SSSR count). The van der Waals surface area contributed by atoms with Crippen LogP contribution in [0.15, 0.2) is 153 Å². The largest absolute Gasteiger partial charge is 0.494 e. The SMILES string of the molecule is CCCCCCCCCCCCOc1cc(COc2ccc(N=Nc3ccc(OCCCNc4cc(NCCCOc5ccc(N=Nc6ccc(OCc7cc(OCCCCCCCCCCCC)c(OCCCCCCCCCCCC)c(OCCCCCCCCCCCC)c7)cc6)cc5)[nH]c(=O)n4)cc3)cc2)cc(OCCCCCCCCCCCC)c1OCCCCCCCCCCCC. The fourth-order valence-corrected chi connectivity index (χ4v) is 17.4. The predicted octanol–water partition coefficient (Wildman–Crippen LogP) is 37.3. The number of azo groups is 2. The molecule has 0 spiro atoms. The van der Waals surface area contributed by atoms with Gasteiger partial charge in [-0.15, -0.1) is 0 Å². The van der Waals surface area contributed by atoms with E-state index >= 15 is 0 Å². The van der Waals surface area contributed by atoms with Crippen LogP contribution >= 0.6 is 0 Å². The van der Waals surface area contributed by atoms with Crippen molar-refractivity contribution in [3.63, 3.8) is 0 Å². The average molecular weight is 1920 g/mol. The summed E-state index contributed by atoms with van der Waals surface area (Å²) >= 11 is 0. The summed E-state index contributed by atoms with van der Waals surface area (Å²) in [4.78, 5) is 19.6. The molecule has 0 atom stereocenters. The normalized spacial score (nSPS) is 11.5. The highest BCUT2D eigenvalue weighted by Gasteiger charge is 2.21. The number of nitrogens with one attached hydrogen (secondary N) is 3. The Hall–Kier alpha value is -9.00. The van der Waals surface area contributed by atoms with Gasteiger partial charge in [-0.1, -0.05) is 388 Å². The summed E-state index contributed by atoms with van der Waals surface area (Å²) in [7, 11) is 0. The summed E-state index contributed by atoms with van der Waals surface area (Å²) < 4.78 is 65.3. The maximum Gasteiger partial charge on any atom is 0.348 e. The summed E-state index contributed by atoms with van der Waals surface area (Å²) in [6.45, 7) is 20.3. The number of ether oxygens (including phenoxy) is 10. The quantitative estimate of drug-likeness (QED) is 0.0239. The van der Waals surface area contributed by atoms with Crippen molar-refractivity contribution in [2.24, 2.45) is 20.5 Å². The molecule has 1 heterocycles. The van der Waals surface area contributed by atoms with E-state index in [1.807, 2.05) is 97.1 Å². The number of H-pyrrole nitrogens is 1. The van der Waals surface area contributed by atoms with E-state index in [1.54, 1.807) is 6.07 Å². The van der Waals surface area contributed by atoms with Gasteiger partial charge in [-0.05, 0) is 184 Å². The number of benzene rings is 6. The molecule has 0 saturated carbocycles. The van der Waals surface area contributed by atoms with Gasteiger partial charge in [0.05, 0.1) is 75.6 Å². The Morgan fingerprint density at radius 3 is 0.683 bits per heavy atom. The van der Waals surface area contributed by atoms with E-state index in [1.165, 1.54) is 308 Å². The van der Waals surface area contributed by atoms with Gasteiger partial charge in [-0.25, -0.2) is 4.79 Å². The zero-order valence-electron chi connectivity index (χ0n) is 88.2. The molecule has 19 heteroatoms. The molecule has 0 aliphatic heterocycles. The monoisotopic (exact) mass is 1920 g/mol. The Kier molecular flexibility index (Phi) is 68.6. The number of anilines is 2. The molecule has 0 unspecified atom stereocenters. The lowest BCUT2D eigenvalue weighted by Crippen LogP contribution is -2.18. The number of unbranched alkanes of at least 4 members (excludes halogenated alkanes) is 54. The molecular formula is C120H190N8O11. The van der Waals surface area contributed by atoms with E-state index in [0.29, 0.717) is 126 Å². The first kappa shape index (κ1) is 117. The van der Waals surface area contributed by atoms with E-state index in [2.05, 4.69) is 107 Å². The van der Waals surface area contributed by atoms with Crippen LogP contribution in [-0.2, 0) is 13.2 Å². The molecular weight excluding hydrogens is 1730 g/mol. The van der Waals surface area contributed by atoms with Crippen molar-refractivity contribution in [2.45, 2.75) is 453 Å². The van der Waals surface area contributed by atoms with Gasteiger partial charge in [-0.2, -0.15) is 25.4 Å². The second-order valence-corrected chi connectivity index (χ2v) is 38.7. The van der Waals surface area contributed by atoms with Gasteiger partial charge in [0.2, 0.25) is 11.5 Å². The molecule has 0 saturated heterocycles. The van der Waals surface area contributed by atoms with Crippen LogP contribution in [0.1, 0.15) is 451 Å². The van der Waals surface area contributed by atoms with Crippen LogP contribution in [0.3, 0.4) is 0 Å². The van der Waals surface area contributed by atoms with Crippen LogP contribution < -0.4 is 63.7 Å². The number of aromatic nitrogens is 2. The molecule has 0 bridgehead atoms. The van der Waals surface area contributed by atoms with Gasteiger partial charge in [0.15, 0.2) is 23.0 Å². The van der Waals surface area contributed by atoms with Crippen LogP contribution in [0, 0.1) is 0 Å². The molecule has 0 radical (unpaired) electrons. The van der Waals surface area contributed by atoms with Crippen molar-refractivity contribution in [1.29, 1.82) is 0 Å². The second kappa shape index (κ2) is 81.5.